The number of hydrogen-bond donors (Lipinski definition) is 2. The van der Waals surface area contributed by atoms with E-state index in [1.807, 2.05) is 6.07 Å². The average Bonchev–Trinajstić information content (AvgIpc) is 3.38. The first-order valence-electron chi connectivity index (χ1n) is 13.0. The lowest BCUT2D eigenvalue weighted by molar-refractivity contribution is 0.0995. The van der Waals surface area contributed by atoms with Crippen molar-refractivity contribution < 1.29 is 9.59 Å². The van der Waals surface area contributed by atoms with E-state index in [-0.39, 0.29) is 11.9 Å². The summed E-state index contributed by atoms with van der Waals surface area (Å²) >= 11 is 0. The first kappa shape index (κ1) is 23.8. The van der Waals surface area contributed by atoms with E-state index in [0.29, 0.717) is 35.3 Å². The largest absolute Gasteiger partial charge is 0.336 e. The van der Waals surface area contributed by atoms with Gasteiger partial charge in [0.25, 0.3) is 5.91 Å². The number of pyridine rings is 1. The second-order valence-electron chi connectivity index (χ2n) is 9.98. The third kappa shape index (κ3) is 5.18. The Labute approximate surface area is 207 Å². The second-order valence-corrected chi connectivity index (χ2v) is 9.98. The minimum Gasteiger partial charge on any atom is -0.336 e. The molecular weight excluding hydrogens is 440 g/mol. The number of carbonyl (C=O) groups is 2. The summed E-state index contributed by atoms with van der Waals surface area (Å²) in [6.07, 6.45) is 10.7. The fourth-order valence-electron chi connectivity index (χ4n) is 5.82. The van der Waals surface area contributed by atoms with E-state index in [9.17, 15) is 9.59 Å². The van der Waals surface area contributed by atoms with Gasteiger partial charge in [0, 0.05) is 37.9 Å². The van der Waals surface area contributed by atoms with Gasteiger partial charge in [-0.1, -0.05) is 31.4 Å². The number of urea groups is 1. The topological polar surface area (TPSA) is 80.8 Å². The summed E-state index contributed by atoms with van der Waals surface area (Å²) in [5.74, 6) is 0.185. The van der Waals surface area contributed by atoms with Crippen LogP contribution in [0.5, 0.6) is 0 Å². The number of amides is 3. The van der Waals surface area contributed by atoms with Crippen molar-refractivity contribution >= 4 is 29.1 Å². The first-order chi connectivity index (χ1) is 17.1. The number of hydrogen-bond acceptors (Lipinski definition) is 5. The minimum atomic E-state index is -0.273. The highest BCUT2D eigenvalue weighted by Crippen LogP contribution is 2.36. The molecule has 2 aliphatic heterocycles. The Morgan fingerprint density at radius 2 is 1.91 bits per heavy atom. The molecule has 5 rings (SSSR count). The van der Waals surface area contributed by atoms with Crippen LogP contribution in [-0.2, 0) is 0 Å². The zero-order chi connectivity index (χ0) is 24.2. The molecule has 3 heterocycles. The van der Waals surface area contributed by atoms with Crippen LogP contribution in [0, 0.1) is 0 Å². The van der Waals surface area contributed by atoms with Crippen molar-refractivity contribution in [1.82, 2.24) is 20.1 Å². The number of likely N-dealkylation sites (N-methyl/N-ethyl adjacent to an activating group) is 1. The van der Waals surface area contributed by atoms with E-state index >= 15 is 0 Å². The first-order valence-corrected chi connectivity index (χ1v) is 13.0. The molecule has 3 aliphatic rings. The average molecular weight is 477 g/mol. The molecule has 0 radical (unpaired) electrons. The van der Waals surface area contributed by atoms with Crippen molar-refractivity contribution in [2.75, 3.05) is 43.4 Å². The van der Waals surface area contributed by atoms with Crippen molar-refractivity contribution in [3.63, 3.8) is 0 Å². The monoisotopic (exact) mass is 476 g/mol. The molecule has 0 spiro atoms. The van der Waals surface area contributed by atoms with Crippen LogP contribution in [0.2, 0.25) is 0 Å². The molecule has 8 nitrogen and oxygen atoms in total. The van der Waals surface area contributed by atoms with Gasteiger partial charge in [0.1, 0.15) is 0 Å². The summed E-state index contributed by atoms with van der Waals surface area (Å²) in [6, 6.07) is 11.7. The van der Waals surface area contributed by atoms with Gasteiger partial charge in [-0.05, 0) is 63.5 Å². The van der Waals surface area contributed by atoms with Crippen LogP contribution < -0.4 is 15.5 Å². The molecule has 8 heteroatoms. The molecule has 1 unspecified atom stereocenters. The Morgan fingerprint density at radius 3 is 2.77 bits per heavy atom. The van der Waals surface area contributed by atoms with Crippen LogP contribution in [0.3, 0.4) is 0 Å². The summed E-state index contributed by atoms with van der Waals surface area (Å²) in [4.78, 5) is 37.3. The summed E-state index contributed by atoms with van der Waals surface area (Å²) in [6.45, 7) is 3.54. The zero-order valence-electron chi connectivity index (χ0n) is 20.6. The lowest BCUT2D eigenvalue weighted by Crippen LogP contribution is -2.50. The summed E-state index contributed by atoms with van der Waals surface area (Å²) in [5, 5.41) is 5.99. The number of carbonyl (C=O) groups excluding carboxylic acids is 2. The van der Waals surface area contributed by atoms with Gasteiger partial charge >= 0.3 is 6.03 Å². The van der Waals surface area contributed by atoms with Gasteiger partial charge in [-0.3, -0.25) is 9.69 Å². The number of likely N-dealkylation sites (tertiary alicyclic amines) is 1. The fraction of sp³-hybridized carbons (Fsp3) is 0.519. The molecule has 1 aliphatic carbocycles. The minimum absolute atomic E-state index is 0.243. The van der Waals surface area contributed by atoms with E-state index in [2.05, 4.69) is 32.5 Å². The van der Waals surface area contributed by atoms with Crippen LogP contribution in [0.15, 0.2) is 42.6 Å². The number of nitrogens with one attached hydrogen (secondary N) is 2. The molecule has 186 valence electrons. The lowest BCUT2D eigenvalue weighted by Gasteiger charge is -2.39. The summed E-state index contributed by atoms with van der Waals surface area (Å²) < 4.78 is 0. The molecule has 1 saturated carbocycles. The molecule has 1 aromatic heterocycles. The number of aromatic nitrogens is 1. The molecule has 3 amide bonds. The molecule has 1 saturated heterocycles. The molecule has 35 heavy (non-hydrogen) atoms. The van der Waals surface area contributed by atoms with E-state index < -0.39 is 0 Å². The maximum absolute atomic E-state index is 13.5. The Kier molecular flexibility index (Phi) is 7.29. The predicted octanol–water partition coefficient (Wildman–Crippen LogP) is 4.22. The number of anilines is 3. The number of fused-ring (bicyclic) bond motifs is 2. The highest BCUT2D eigenvalue weighted by molar-refractivity contribution is 6.16. The SMILES string of the molecule is CN(CC1CCCCN1CCNC(=O)N1c2ccccc2C(=O)Nc2cccnc21)C1CCCC1. The maximum Gasteiger partial charge on any atom is 0.327 e. The molecule has 2 fully saturated rings. The predicted molar refractivity (Wildman–Crippen MR) is 138 cm³/mol. The van der Waals surface area contributed by atoms with E-state index in [0.717, 1.165) is 25.7 Å². The van der Waals surface area contributed by atoms with Crippen molar-refractivity contribution in [3.8, 4) is 0 Å². The zero-order valence-corrected chi connectivity index (χ0v) is 20.6. The molecule has 2 aromatic rings. The van der Waals surface area contributed by atoms with Gasteiger partial charge in [-0.25, -0.2) is 14.7 Å². The highest BCUT2D eigenvalue weighted by Gasteiger charge is 2.31. The van der Waals surface area contributed by atoms with E-state index in [1.165, 1.54) is 49.8 Å². The number of benzene rings is 1. The summed E-state index contributed by atoms with van der Waals surface area (Å²) in [7, 11) is 2.28. The van der Waals surface area contributed by atoms with Crippen LogP contribution >= 0.6 is 0 Å². The van der Waals surface area contributed by atoms with Crippen LogP contribution in [0.1, 0.15) is 55.3 Å². The number of piperidine rings is 1. The normalized spacial score (nSPS) is 20.8. The van der Waals surface area contributed by atoms with Gasteiger partial charge in [0.2, 0.25) is 0 Å². The van der Waals surface area contributed by atoms with Crippen molar-refractivity contribution in [3.05, 3.63) is 48.2 Å². The Balaban J connectivity index is 1.26. The third-order valence-corrected chi connectivity index (χ3v) is 7.71. The maximum atomic E-state index is 13.5. The van der Waals surface area contributed by atoms with Crippen LogP contribution in [-0.4, -0.2) is 72.0 Å². The number of nitrogens with zero attached hydrogens (tertiary/aromatic N) is 4. The Bertz CT molecular complexity index is 1050. The highest BCUT2D eigenvalue weighted by atomic mass is 16.2. The lowest BCUT2D eigenvalue weighted by atomic mass is 10.0. The van der Waals surface area contributed by atoms with Crippen LogP contribution in [0.25, 0.3) is 0 Å². The second kappa shape index (κ2) is 10.7. The number of para-hydroxylation sites is 1. The molecule has 1 atom stereocenters. The molecule has 0 bridgehead atoms. The van der Waals surface area contributed by atoms with Crippen molar-refractivity contribution in [2.24, 2.45) is 0 Å². The Morgan fingerprint density at radius 1 is 1.11 bits per heavy atom. The van der Waals surface area contributed by atoms with Crippen molar-refractivity contribution in [1.29, 1.82) is 0 Å². The standard InChI is InChI=1S/C27H36N6O2/c1-31(20-9-2-3-10-20)19-21-11-6-7-17-32(21)18-16-29-27(35)33-24-14-5-4-12-22(24)26(34)30-23-13-8-15-28-25(23)33/h4-5,8,12-15,20-21H,2-3,6-7,9-11,16-19H2,1H3,(H,29,35)(H,30,34). The molecular formula is C27H36N6O2. The summed E-state index contributed by atoms with van der Waals surface area (Å²) in [5.41, 5.74) is 1.51. The van der Waals surface area contributed by atoms with Crippen molar-refractivity contribution in [2.45, 2.75) is 57.0 Å². The van der Waals surface area contributed by atoms with Crippen LogP contribution in [0.4, 0.5) is 22.0 Å². The molecule has 2 N–H and O–H groups in total. The van der Waals surface area contributed by atoms with E-state index in [1.54, 1.807) is 36.5 Å². The fourth-order valence-corrected chi connectivity index (χ4v) is 5.82. The smallest absolute Gasteiger partial charge is 0.327 e. The quantitative estimate of drug-likeness (QED) is 0.652. The third-order valence-electron chi connectivity index (χ3n) is 7.71. The van der Waals surface area contributed by atoms with Gasteiger partial charge in [-0.2, -0.15) is 0 Å². The van der Waals surface area contributed by atoms with E-state index in [4.69, 9.17) is 0 Å². The Hall–Kier alpha value is -2.97. The van der Waals surface area contributed by atoms with Gasteiger partial charge in [-0.15, -0.1) is 0 Å². The number of rotatable bonds is 6. The molecule has 1 aromatic carbocycles. The van der Waals surface area contributed by atoms with Gasteiger partial charge in [0.05, 0.1) is 16.9 Å². The van der Waals surface area contributed by atoms with Gasteiger partial charge in [0.15, 0.2) is 5.82 Å². The van der Waals surface area contributed by atoms with Gasteiger partial charge < -0.3 is 15.5 Å².